The molecule has 1 amide bonds. The van der Waals surface area contributed by atoms with Crippen LogP contribution >= 0.6 is 33.9 Å². The molecule has 1 atom stereocenters. The Bertz CT molecular complexity index is 794. The molecule has 1 N–H and O–H groups in total. The molecule has 0 radical (unpaired) electrons. The lowest BCUT2D eigenvalue weighted by Gasteiger charge is -2.17. The molecule has 0 spiro atoms. The van der Waals surface area contributed by atoms with Crippen molar-refractivity contribution in [2.75, 3.05) is 0 Å². The molecular weight excluding hydrogens is 421 g/mol. The van der Waals surface area contributed by atoms with Crippen LogP contribution in [0.3, 0.4) is 0 Å². The number of thiophene rings is 1. The van der Waals surface area contributed by atoms with Crippen molar-refractivity contribution in [2.45, 2.75) is 6.04 Å². The third kappa shape index (κ3) is 4.33. The number of amides is 1. The molecule has 0 aliphatic carbocycles. The highest BCUT2D eigenvalue weighted by Crippen LogP contribution is 2.25. The van der Waals surface area contributed by atoms with Crippen molar-refractivity contribution < 1.29 is 9.21 Å². The lowest BCUT2D eigenvalue weighted by Crippen LogP contribution is -2.27. The molecule has 0 saturated carbocycles. The lowest BCUT2D eigenvalue weighted by molar-refractivity contribution is -0.116. The molecule has 0 aliphatic heterocycles. The van der Waals surface area contributed by atoms with Gasteiger partial charge in [0.2, 0.25) is 5.91 Å². The number of halogens is 1. The zero-order chi connectivity index (χ0) is 16.1. The SMILES string of the molecule is O=C(/C=C\c1ccc(I)o1)N[C@H](c1ccccc1)c1cccs1. The van der Waals surface area contributed by atoms with Crippen molar-refractivity contribution in [3.05, 3.63) is 86.0 Å². The van der Waals surface area contributed by atoms with Gasteiger partial charge in [-0.2, -0.15) is 0 Å². The van der Waals surface area contributed by atoms with Crippen molar-refractivity contribution in [1.29, 1.82) is 0 Å². The fourth-order valence-electron chi connectivity index (χ4n) is 2.19. The molecule has 0 bridgehead atoms. The molecular formula is C18H14INO2S. The van der Waals surface area contributed by atoms with Gasteiger partial charge in [-0.05, 0) is 57.8 Å². The van der Waals surface area contributed by atoms with Crippen LogP contribution in [0.15, 0.2) is 70.5 Å². The summed E-state index contributed by atoms with van der Waals surface area (Å²) in [4.78, 5) is 13.4. The molecule has 23 heavy (non-hydrogen) atoms. The van der Waals surface area contributed by atoms with Crippen LogP contribution in [0.25, 0.3) is 6.08 Å². The van der Waals surface area contributed by atoms with Crippen molar-refractivity contribution in [2.24, 2.45) is 0 Å². The molecule has 3 nitrogen and oxygen atoms in total. The van der Waals surface area contributed by atoms with E-state index < -0.39 is 0 Å². The van der Waals surface area contributed by atoms with Crippen LogP contribution < -0.4 is 5.32 Å². The average Bonchev–Trinajstić information content (AvgIpc) is 3.23. The Labute approximate surface area is 152 Å². The van der Waals surface area contributed by atoms with Crippen LogP contribution in [0.1, 0.15) is 22.2 Å². The number of carbonyl (C=O) groups excluding carboxylic acids is 1. The topological polar surface area (TPSA) is 42.2 Å². The highest BCUT2D eigenvalue weighted by molar-refractivity contribution is 14.1. The van der Waals surface area contributed by atoms with Crippen LogP contribution in [-0.2, 0) is 4.79 Å². The second-order valence-corrected chi connectivity index (χ2v) is 6.89. The minimum absolute atomic E-state index is 0.148. The first-order chi connectivity index (χ1) is 11.2. The Morgan fingerprint density at radius 3 is 2.61 bits per heavy atom. The Morgan fingerprint density at radius 2 is 1.96 bits per heavy atom. The summed E-state index contributed by atoms with van der Waals surface area (Å²) >= 11 is 3.72. The van der Waals surface area contributed by atoms with Gasteiger partial charge in [0.05, 0.1) is 6.04 Å². The molecule has 116 valence electrons. The maximum atomic E-state index is 12.3. The van der Waals surface area contributed by atoms with Crippen LogP contribution in [0.5, 0.6) is 0 Å². The summed E-state index contributed by atoms with van der Waals surface area (Å²) in [6, 6.07) is 17.5. The van der Waals surface area contributed by atoms with Gasteiger partial charge >= 0.3 is 0 Å². The number of hydrogen-bond acceptors (Lipinski definition) is 3. The summed E-state index contributed by atoms with van der Waals surface area (Å²) in [6.07, 6.45) is 3.17. The number of nitrogens with one attached hydrogen (secondary N) is 1. The normalized spacial score (nSPS) is 12.4. The van der Waals surface area contributed by atoms with Crippen LogP contribution in [0.2, 0.25) is 0 Å². The molecule has 1 aromatic carbocycles. The molecule has 0 saturated heterocycles. The number of carbonyl (C=O) groups is 1. The maximum absolute atomic E-state index is 12.3. The van der Waals surface area contributed by atoms with E-state index in [-0.39, 0.29) is 11.9 Å². The molecule has 0 fully saturated rings. The minimum Gasteiger partial charge on any atom is -0.451 e. The fourth-order valence-corrected chi connectivity index (χ4v) is 3.42. The second kappa shape index (κ2) is 7.61. The van der Waals surface area contributed by atoms with Gasteiger partial charge in [-0.25, -0.2) is 0 Å². The first-order valence-electron chi connectivity index (χ1n) is 7.04. The Balaban J connectivity index is 1.76. The van der Waals surface area contributed by atoms with Crippen molar-refractivity contribution in [3.63, 3.8) is 0 Å². The summed E-state index contributed by atoms with van der Waals surface area (Å²) in [5, 5.41) is 5.07. The van der Waals surface area contributed by atoms with E-state index in [0.717, 1.165) is 14.2 Å². The van der Waals surface area contributed by atoms with Gasteiger partial charge in [-0.3, -0.25) is 4.79 Å². The minimum atomic E-state index is -0.154. The first kappa shape index (κ1) is 16.0. The van der Waals surface area contributed by atoms with Crippen LogP contribution in [0.4, 0.5) is 0 Å². The predicted octanol–water partition coefficient (Wildman–Crippen LogP) is 4.86. The maximum Gasteiger partial charge on any atom is 0.244 e. The highest BCUT2D eigenvalue weighted by Gasteiger charge is 2.16. The largest absolute Gasteiger partial charge is 0.451 e. The smallest absolute Gasteiger partial charge is 0.244 e. The van der Waals surface area contributed by atoms with Crippen LogP contribution in [-0.4, -0.2) is 5.91 Å². The molecule has 0 unspecified atom stereocenters. The van der Waals surface area contributed by atoms with Gasteiger partial charge in [0.15, 0.2) is 3.77 Å². The van der Waals surface area contributed by atoms with E-state index in [1.54, 1.807) is 17.4 Å². The van der Waals surface area contributed by atoms with Gasteiger partial charge < -0.3 is 9.73 Å². The van der Waals surface area contributed by atoms with Gasteiger partial charge in [0.25, 0.3) is 0 Å². The van der Waals surface area contributed by atoms with E-state index in [1.165, 1.54) is 6.08 Å². The second-order valence-electron chi connectivity index (χ2n) is 4.84. The first-order valence-corrected chi connectivity index (χ1v) is 9.00. The zero-order valence-electron chi connectivity index (χ0n) is 12.1. The number of rotatable bonds is 5. The summed E-state index contributed by atoms with van der Waals surface area (Å²) in [7, 11) is 0. The third-order valence-electron chi connectivity index (χ3n) is 3.24. The van der Waals surface area contributed by atoms with E-state index in [2.05, 4.69) is 27.9 Å². The predicted molar refractivity (Wildman–Crippen MR) is 101 cm³/mol. The molecule has 3 rings (SSSR count). The quantitative estimate of drug-likeness (QED) is 0.459. The lowest BCUT2D eigenvalue weighted by atomic mass is 10.1. The Morgan fingerprint density at radius 1 is 1.13 bits per heavy atom. The van der Waals surface area contributed by atoms with E-state index in [9.17, 15) is 4.79 Å². The van der Waals surface area contributed by atoms with Crippen molar-refractivity contribution in [1.82, 2.24) is 5.32 Å². The number of hydrogen-bond donors (Lipinski definition) is 1. The third-order valence-corrected chi connectivity index (χ3v) is 4.76. The molecule has 0 aliphatic rings. The van der Waals surface area contributed by atoms with Crippen LogP contribution in [0, 0.1) is 3.77 Å². The van der Waals surface area contributed by atoms with E-state index in [4.69, 9.17) is 4.42 Å². The van der Waals surface area contributed by atoms with Crippen molar-refractivity contribution >= 4 is 45.9 Å². The van der Waals surface area contributed by atoms with E-state index >= 15 is 0 Å². The Kier molecular flexibility index (Phi) is 5.30. The summed E-state index contributed by atoms with van der Waals surface area (Å²) in [6.45, 7) is 0. The van der Waals surface area contributed by atoms with Gasteiger partial charge in [-0.1, -0.05) is 36.4 Å². The van der Waals surface area contributed by atoms with Gasteiger partial charge in [-0.15, -0.1) is 11.3 Å². The fraction of sp³-hybridized carbons (Fsp3) is 0.0556. The number of benzene rings is 1. The number of furan rings is 1. The molecule has 2 aromatic heterocycles. The van der Waals surface area contributed by atoms with Gasteiger partial charge in [0, 0.05) is 11.0 Å². The zero-order valence-corrected chi connectivity index (χ0v) is 15.1. The highest BCUT2D eigenvalue weighted by atomic mass is 127. The Hall–Kier alpha value is -1.86. The molecule has 5 heteroatoms. The molecule has 2 heterocycles. The van der Waals surface area contributed by atoms with Crippen molar-refractivity contribution in [3.8, 4) is 0 Å². The van der Waals surface area contributed by atoms with E-state index in [1.807, 2.05) is 60.0 Å². The average molecular weight is 435 g/mol. The van der Waals surface area contributed by atoms with E-state index in [0.29, 0.717) is 5.76 Å². The monoisotopic (exact) mass is 435 g/mol. The van der Waals surface area contributed by atoms with Gasteiger partial charge in [0.1, 0.15) is 5.76 Å². The summed E-state index contributed by atoms with van der Waals surface area (Å²) in [5.74, 6) is 0.510. The summed E-state index contributed by atoms with van der Waals surface area (Å²) < 4.78 is 6.21. The molecule has 3 aromatic rings. The summed E-state index contributed by atoms with van der Waals surface area (Å²) in [5.41, 5.74) is 1.06. The standard InChI is InChI=1S/C18H14INO2S/c19-16-10-8-14(22-16)9-11-17(21)20-18(15-7-4-12-23-15)13-5-2-1-3-6-13/h1-12,18H,(H,20,21)/b11-9-/t18-/m1/s1.